The second-order valence-corrected chi connectivity index (χ2v) is 12.9. The van der Waals surface area contributed by atoms with Gasteiger partial charge in [-0.3, -0.25) is 14.5 Å². The molecule has 0 fully saturated rings. The van der Waals surface area contributed by atoms with E-state index in [9.17, 15) is 14.7 Å². The average molecular weight is 612 g/mol. The number of ether oxygens (including phenoxy) is 1. The minimum absolute atomic E-state index is 0.0134. The second kappa shape index (κ2) is 13.8. The van der Waals surface area contributed by atoms with E-state index in [1.165, 1.54) is 39.6 Å². The quantitative estimate of drug-likeness (QED) is 0.0995. The number of rotatable bonds is 12. The van der Waals surface area contributed by atoms with Crippen molar-refractivity contribution in [2.45, 2.75) is 43.3 Å². The van der Waals surface area contributed by atoms with Crippen LogP contribution in [0.15, 0.2) is 101 Å². The van der Waals surface area contributed by atoms with Crippen molar-refractivity contribution in [3.63, 3.8) is 0 Å². The van der Waals surface area contributed by atoms with E-state index < -0.39 is 23.5 Å². The molecule has 9 heteroatoms. The van der Waals surface area contributed by atoms with Gasteiger partial charge in [-0.15, -0.1) is 10.2 Å². The lowest BCUT2D eigenvalue weighted by Crippen LogP contribution is -2.30. The van der Waals surface area contributed by atoms with Crippen molar-refractivity contribution in [2.24, 2.45) is 5.92 Å². The number of benzene rings is 3. The fourth-order valence-electron chi connectivity index (χ4n) is 4.57. The molecular weight excluding hydrogens is 579 g/mol. The van der Waals surface area contributed by atoms with Crippen molar-refractivity contribution in [3.05, 3.63) is 119 Å². The lowest BCUT2D eigenvalue weighted by atomic mass is 9.95. The van der Waals surface area contributed by atoms with Crippen LogP contribution in [0.3, 0.4) is 0 Å². The third-order valence-corrected chi connectivity index (χ3v) is 9.05. The van der Waals surface area contributed by atoms with Crippen LogP contribution in [0.25, 0.3) is 6.08 Å². The van der Waals surface area contributed by atoms with Gasteiger partial charge in [0.25, 0.3) is 5.91 Å². The van der Waals surface area contributed by atoms with Gasteiger partial charge in [-0.25, -0.2) is 0 Å². The first-order valence-corrected chi connectivity index (χ1v) is 15.9. The van der Waals surface area contributed by atoms with Crippen LogP contribution < -0.4 is 9.64 Å². The van der Waals surface area contributed by atoms with Gasteiger partial charge in [-0.2, -0.15) is 0 Å². The number of aryl methyl sites for hydroxylation is 1. The van der Waals surface area contributed by atoms with Crippen LogP contribution in [0, 0.1) is 12.8 Å². The predicted octanol–water partition coefficient (Wildman–Crippen LogP) is 7.75. The molecule has 4 aromatic rings. The number of nitrogens with zero attached hydrogens (tertiary/aromatic N) is 3. The minimum Gasteiger partial charge on any atom is -0.503 e. The first-order chi connectivity index (χ1) is 20.8. The van der Waals surface area contributed by atoms with Gasteiger partial charge in [0.05, 0.1) is 18.2 Å². The number of aliphatic hydroxyl groups is 1. The van der Waals surface area contributed by atoms with Crippen molar-refractivity contribution in [1.82, 2.24) is 10.2 Å². The lowest BCUT2D eigenvalue weighted by molar-refractivity contribution is -0.117. The van der Waals surface area contributed by atoms with Gasteiger partial charge in [0.2, 0.25) is 5.13 Å². The van der Waals surface area contributed by atoms with Gasteiger partial charge in [0.15, 0.2) is 15.9 Å². The van der Waals surface area contributed by atoms with Crippen molar-refractivity contribution < 1.29 is 19.4 Å². The maximum Gasteiger partial charge on any atom is 0.296 e. The summed E-state index contributed by atoms with van der Waals surface area (Å²) in [5.74, 6) is 0.0466. The van der Waals surface area contributed by atoms with Crippen molar-refractivity contribution >= 4 is 46.0 Å². The molecule has 1 aliphatic rings. The van der Waals surface area contributed by atoms with E-state index in [-0.39, 0.29) is 5.57 Å². The molecule has 1 aliphatic heterocycles. The summed E-state index contributed by atoms with van der Waals surface area (Å²) < 4.78 is 6.67. The Bertz CT molecular complexity index is 1650. The summed E-state index contributed by atoms with van der Waals surface area (Å²) in [6.45, 7) is 6.85. The smallest absolute Gasteiger partial charge is 0.296 e. The Kier molecular flexibility index (Phi) is 9.74. The number of carbonyl (C=O) groups is 2. The molecule has 3 aromatic carbocycles. The number of allylic oxidation sites excluding steroid dienone is 1. The van der Waals surface area contributed by atoms with Gasteiger partial charge in [0.1, 0.15) is 5.75 Å². The first-order valence-electron chi connectivity index (χ1n) is 14.1. The Balaban J connectivity index is 1.46. The zero-order valence-electron chi connectivity index (χ0n) is 24.3. The van der Waals surface area contributed by atoms with Crippen LogP contribution in [0.1, 0.15) is 48.6 Å². The molecule has 220 valence electrons. The van der Waals surface area contributed by atoms with Crippen LogP contribution in [0.2, 0.25) is 0 Å². The molecule has 0 spiro atoms. The number of ketones is 1. The van der Waals surface area contributed by atoms with E-state index in [0.717, 1.165) is 17.5 Å². The van der Waals surface area contributed by atoms with E-state index >= 15 is 0 Å². The van der Waals surface area contributed by atoms with E-state index in [0.29, 0.717) is 39.1 Å². The van der Waals surface area contributed by atoms with Crippen LogP contribution in [-0.2, 0) is 15.3 Å². The fraction of sp³-hybridized carbons (Fsp3) is 0.235. The number of hydrogen-bond acceptors (Lipinski definition) is 8. The Hall–Kier alpha value is -4.21. The number of thioether (sulfide) groups is 1. The van der Waals surface area contributed by atoms with Crippen LogP contribution in [0.5, 0.6) is 5.75 Å². The van der Waals surface area contributed by atoms with Gasteiger partial charge in [0, 0.05) is 5.75 Å². The number of carbonyl (C=O) groups excluding carboxylic acids is 2. The SMILES string of the molecule is Cc1ccc(CSc2nnc(N3C(=O)C(O)=C(C(=O)/C=C/c4ccccc4)C3c3cccc(OCCC(C)C)c3)s2)cc1. The highest BCUT2D eigenvalue weighted by Gasteiger charge is 2.45. The number of aliphatic hydroxyl groups excluding tert-OH is 1. The van der Waals surface area contributed by atoms with Gasteiger partial charge in [-0.1, -0.05) is 115 Å². The molecule has 7 nitrogen and oxygen atoms in total. The van der Waals surface area contributed by atoms with E-state index in [4.69, 9.17) is 4.74 Å². The standard InChI is InChI=1S/C34H33N3O4S2/c1-22(2)18-19-41-27-11-7-10-26(20-27)30-29(28(38)17-16-24-8-5-4-6-9-24)31(39)32(40)37(30)33-35-36-34(43-33)42-21-25-14-12-23(3)13-15-25/h4-17,20,22,30,39H,18-19,21H2,1-3H3/b17-16+. The van der Waals surface area contributed by atoms with E-state index in [2.05, 4.69) is 48.3 Å². The molecule has 2 heterocycles. The second-order valence-electron chi connectivity index (χ2n) is 10.7. The number of hydrogen-bond donors (Lipinski definition) is 1. The minimum atomic E-state index is -0.906. The summed E-state index contributed by atoms with van der Waals surface area (Å²) in [5.41, 5.74) is 3.78. The Labute approximate surface area is 259 Å². The maximum atomic E-state index is 13.6. The topological polar surface area (TPSA) is 92.6 Å². The summed E-state index contributed by atoms with van der Waals surface area (Å²) in [4.78, 5) is 28.5. The third-order valence-electron chi connectivity index (χ3n) is 6.92. The van der Waals surface area contributed by atoms with Crippen molar-refractivity contribution in [2.75, 3.05) is 11.5 Å². The zero-order chi connectivity index (χ0) is 30.3. The molecule has 0 saturated heterocycles. The van der Waals surface area contributed by atoms with E-state index in [1.54, 1.807) is 6.08 Å². The van der Waals surface area contributed by atoms with Crippen LogP contribution >= 0.6 is 23.1 Å². The fourth-order valence-corrected chi connectivity index (χ4v) is 6.39. The first kappa shape index (κ1) is 30.3. The maximum absolute atomic E-state index is 13.6. The Morgan fingerprint density at radius 1 is 1.07 bits per heavy atom. The third kappa shape index (κ3) is 7.42. The highest BCUT2D eigenvalue weighted by molar-refractivity contribution is 8.00. The predicted molar refractivity (Wildman–Crippen MR) is 172 cm³/mol. The summed E-state index contributed by atoms with van der Waals surface area (Å²) in [6, 6.07) is 24.0. The molecule has 5 rings (SSSR count). The summed E-state index contributed by atoms with van der Waals surface area (Å²) in [5, 5.41) is 20.0. The van der Waals surface area contributed by atoms with Crippen LogP contribution in [-0.4, -0.2) is 33.6 Å². The molecule has 1 unspecified atom stereocenters. The molecule has 0 radical (unpaired) electrons. The molecule has 0 bridgehead atoms. The number of aromatic nitrogens is 2. The monoisotopic (exact) mass is 611 g/mol. The summed E-state index contributed by atoms with van der Waals surface area (Å²) in [6.07, 6.45) is 3.94. The summed E-state index contributed by atoms with van der Waals surface area (Å²) in [7, 11) is 0. The molecule has 43 heavy (non-hydrogen) atoms. The Morgan fingerprint density at radius 2 is 1.84 bits per heavy atom. The van der Waals surface area contributed by atoms with Gasteiger partial charge < -0.3 is 9.84 Å². The highest BCUT2D eigenvalue weighted by Crippen LogP contribution is 2.44. The molecule has 1 N–H and O–H groups in total. The highest BCUT2D eigenvalue weighted by atomic mass is 32.2. The Morgan fingerprint density at radius 3 is 2.58 bits per heavy atom. The molecule has 1 amide bonds. The molecule has 0 aliphatic carbocycles. The molecular formula is C34H33N3O4S2. The number of amides is 1. The lowest BCUT2D eigenvalue weighted by Gasteiger charge is -2.24. The van der Waals surface area contributed by atoms with E-state index in [1.807, 2.05) is 61.5 Å². The van der Waals surface area contributed by atoms with Gasteiger partial charge >= 0.3 is 0 Å². The summed E-state index contributed by atoms with van der Waals surface area (Å²) >= 11 is 2.77. The van der Waals surface area contributed by atoms with Gasteiger partial charge in [-0.05, 0) is 54.2 Å². The molecule has 0 saturated carbocycles. The van der Waals surface area contributed by atoms with Crippen molar-refractivity contribution in [3.8, 4) is 5.75 Å². The molecule has 1 aromatic heterocycles. The van der Waals surface area contributed by atoms with Crippen molar-refractivity contribution in [1.29, 1.82) is 0 Å². The average Bonchev–Trinajstić information content (AvgIpc) is 3.58. The normalized spacial score (nSPS) is 15.2. The van der Waals surface area contributed by atoms with Crippen LogP contribution in [0.4, 0.5) is 5.13 Å². The zero-order valence-corrected chi connectivity index (χ0v) is 25.9. The molecule has 1 atom stereocenters. The number of anilines is 1. The largest absolute Gasteiger partial charge is 0.503 e.